The Labute approximate surface area is 152 Å². The van der Waals surface area contributed by atoms with Gasteiger partial charge in [0.2, 0.25) is 0 Å². The normalized spacial score (nSPS) is 10.3. The maximum absolute atomic E-state index is 12.8. The summed E-state index contributed by atoms with van der Waals surface area (Å²) in [6.45, 7) is 1.84. The summed E-state index contributed by atoms with van der Waals surface area (Å²) in [5.41, 5.74) is 2.73. The van der Waals surface area contributed by atoms with E-state index in [0.29, 0.717) is 23.5 Å². The molecule has 0 radical (unpaired) electrons. The second kappa shape index (κ2) is 8.21. The van der Waals surface area contributed by atoms with Gasteiger partial charge in [-0.25, -0.2) is 0 Å². The number of hydrogen-bond donors (Lipinski definition) is 0. The first kappa shape index (κ1) is 17.5. The molecular formula is C22H19NO3. The Balaban J connectivity index is 1.86. The van der Waals surface area contributed by atoms with Crippen LogP contribution in [0.2, 0.25) is 0 Å². The third-order valence-electron chi connectivity index (χ3n) is 4.01. The van der Waals surface area contributed by atoms with Crippen LogP contribution in [0.3, 0.4) is 0 Å². The summed E-state index contributed by atoms with van der Waals surface area (Å²) in [7, 11) is 0. The molecule has 0 aliphatic rings. The van der Waals surface area contributed by atoms with Crippen molar-refractivity contribution in [3.8, 4) is 5.75 Å². The van der Waals surface area contributed by atoms with Crippen LogP contribution in [-0.2, 0) is 13.0 Å². The molecule has 4 nitrogen and oxygen atoms in total. The second-order valence-electron chi connectivity index (χ2n) is 6.00. The zero-order chi connectivity index (χ0) is 18.4. The summed E-state index contributed by atoms with van der Waals surface area (Å²) in [5, 5.41) is 0. The van der Waals surface area contributed by atoms with Crippen LogP contribution in [0.25, 0.3) is 0 Å². The number of carbonyl (C=O) groups excluding carboxylic acids is 2. The van der Waals surface area contributed by atoms with Crippen LogP contribution in [0.15, 0.2) is 73.1 Å². The molecule has 0 N–H and O–H groups in total. The van der Waals surface area contributed by atoms with Crippen LogP contribution < -0.4 is 4.74 Å². The Kier molecular flexibility index (Phi) is 5.54. The van der Waals surface area contributed by atoms with Gasteiger partial charge in [-0.05, 0) is 42.3 Å². The minimum Gasteiger partial charge on any atom is -0.488 e. The molecular weight excluding hydrogens is 326 g/mol. The molecule has 0 fully saturated rings. The van der Waals surface area contributed by atoms with Crippen LogP contribution in [0.4, 0.5) is 0 Å². The number of rotatable bonds is 7. The lowest BCUT2D eigenvalue weighted by Gasteiger charge is -2.12. The average molecular weight is 345 g/mol. The molecule has 0 amide bonds. The van der Waals surface area contributed by atoms with E-state index in [-0.39, 0.29) is 18.0 Å². The largest absolute Gasteiger partial charge is 0.488 e. The predicted octanol–water partition coefficient (Wildman–Crippen LogP) is 4.29. The van der Waals surface area contributed by atoms with Gasteiger partial charge in [-0.1, -0.05) is 36.4 Å². The van der Waals surface area contributed by atoms with E-state index in [4.69, 9.17) is 4.74 Å². The Morgan fingerprint density at radius 3 is 2.42 bits per heavy atom. The van der Waals surface area contributed by atoms with Crippen LogP contribution in [0.1, 0.15) is 38.8 Å². The number of pyridine rings is 1. The fraction of sp³-hybridized carbons (Fsp3) is 0.136. The van der Waals surface area contributed by atoms with Crippen LogP contribution in [-0.4, -0.2) is 16.6 Å². The van der Waals surface area contributed by atoms with Gasteiger partial charge in [0.1, 0.15) is 12.4 Å². The van der Waals surface area contributed by atoms with Crippen LogP contribution >= 0.6 is 0 Å². The SMILES string of the molecule is CC(=O)c1ccc(OCc2ccccc2)c(C(=O)Cc2cccnc2)c1. The van der Waals surface area contributed by atoms with Gasteiger partial charge in [-0.2, -0.15) is 0 Å². The highest BCUT2D eigenvalue weighted by molar-refractivity contribution is 6.03. The fourth-order valence-electron chi connectivity index (χ4n) is 2.61. The molecule has 26 heavy (non-hydrogen) atoms. The van der Waals surface area contributed by atoms with E-state index in [9.17, 15) is 9.59 Å². The van der Waals surface area contributed by atoms with E-state index < -0.39 is 0 Å². The molecule has 0 aliphatic carbocycles. The highest BCUT2D eigenvalue weighted by Gasteiger charge is 2.16. The molecule has 3 aromatic rings. The number of nitrogens with zero attached hydrogens (tertiary/aromatic N) is 1. The van der Waals surface area contributed by atoms with Crippen LogP contribution in [0, 0.1) is 0 Å². The first-order chi connectivity index (χ1) is 12.6. The highest BCUT2D eigenvalue weighted by Crippen LogP contribution is 2.24. The Morgan fingerprint density at radius 2 is 1.73 bits per heavy atom. The molecule has 0 aliphatic heterocycles. The standard InChI is InChI=1S/C22H19NO3/c1-16(24)19-9-10-22(26-15-17-6-3-2-4-7-17)20(13-19)21(25)12-18-8-5-11-23-14-18/h2-11,13-14H,12,15H2,1H3. The van der Waals surface area contributed by atoms with Gasteiger partial charge in [0.05, 0.1) is 5.56 Å². The number of hydrogen-bond acceptors (Lipinski definition) is 4. The maximum atomic E-state index is 12.8. The van der Waals surface area contributed by atoms with Crippen molar-refractivity contribution in [3.05, 3.63) is 95.3 Å². The van der Waals surface area contributed by atoms with Crippen molar-refractivity contribution >= 4 is 11.6 Å². The van der Waals surface area contributed by atoms with Crippen molar-refractivity contribution < 1.29 is 14.3 Å². The molecule has 0 bridgehead atoms. The average Bonchev–Trinajstić information content (AvgIpc) is 2.67. The number of aromatic nitrogens is 1. The summed E-state index contributed by atoms with van der Waals surface area (Å²) < 4.78 is 5.87. The maximum Gasteiger partial charge on any atom is 0.171 e. The smallest absolute Gasteiger partial charge is 0.171 e. The summed E-state index contributed by atoms with van der Waals surface area (Å²) in [6.07, 6.45) is 3.53. The predicted molar refractivity (Wildman–Crippen MR) is 99.5 cm³/mol. The monoisotopic (exact) mass is 345 g/mol. The van der Waals surface area contributed by atoms with E-state index in [1.807, 2.05) is 36.4 Å². The van der Waals surface area contributed by atoms with Crippen molar-refractivity contribution in [2.24, 2.45) is 0 Å². The first-order valence-electron chi connectivity index (χ1n) is 8.37. The number of Topliss-reactive ketones (excluding diaryl/α,β-unsaturated/α-hetero) is 2. The lowest BCUT2D eigenvalue weighted by molar-refractivity contribution is 0.0988. The van der Waals surface area contributed by atoms with Crippen LogP contribution in [0.5, 0.6) is 5.75 Å². The van der Waals surface area contributed by atoms with Crippen molar-refractivity contribution in [1.29, 1.82) is 0 Å². The van der Waals surface area contributed by atoms with Gasteiger partial charge in [0.25, 0.3) is 0 Å². The van der Waals surface area contributed by atoms with Gasteiger partial charge in [0.15, 0.2) is 11.6 Å². The highest BCUT2D eigenvalue weighted by atomic mass is 16.5. The van der Waals surface area contributed by atoms with Gasteiger partial charge >= 0.3 is 0 Å². The molecule has 130 valence electrons. The summed E-state index contributed by atoms with van der Waals surface area (Å²) in [5.74, 6) is 0.284. The van der Waals surface area contributed by atoms with E-state index in [1.54, 1.807) is 36.7 Å². The number of ether oxygens (including phenoxy) is 1. The minimum atomic E-state index is -0.107. The van der Waals surface area contributed by atoms with Crippen molar-refractivity contribution in [1.82, 2.24) is 4.98 Å². The third kappa shape index (κ3) is 4.42. The topological polar surface area (TPSA) is 56.3 Å². The van der Waals surface area contributed by atoms with E-state index in [2.05, 4.69) is 4.98 Å². The summed E-state index contributed by atoms with van der Waals surface area (Å²) in [4.78, 5) is 28.5. The molecule has 0 saturated carbocycles. The van der Waals surface area contributed by atoms with Crippen molar-refractivity contribution in [2.75, 3.05) is 0 Å². The lowest BCUT2D eigenvalue weighted by atomic mass is 10.00. The molecule has 0 spiro atoms. The third-order valence-corrected chi connectivity index (χ3v) is 4.01. The molecule has 3 rings (SSSR count). The number of carbonyl (C=O) groups is 2. The molecule has 4 heteroatoms. The zero-order valence-electron chi connectivity index (χ0n) is 14.5. The van der Waals surface area contributed by atoms with Gasteiger partial charge in [-0.15, -0.1) is 0 Å². The Bertz CT molecular complexity index is 905. The molecule has 1 aromatic heterocycles. The van der Waals surface area contributed by atoms with E-state index >= 15 is 0 Å². The molecule has 0 saturated heterocycles. The zero-order valence-corrected chi connectivity index (χ0v) is 14.5. The Morgan fingerprint density at radius 1 is 0.962 bits per heavy atom. The molecule has 0 unspecified atom stereocenters. The first-order valence-corrected chi connectivity index (χ1v) is 8.37. The minimum absolute atomic E-state index is 0.0879. The number of ketones is 2. The quantitative estimate of drug-likeness (QED) is 0.600. The van der Waals surface area contributed by atoms with Gasteiger partial charge < -0.3 is 4.74 Å². The Hall–Kier alpha value is -3.27. The van der Waals surface area contributed by atoms with E-state index in [1.165, 1.54) is 6.92 Å². The van der Waals surface area contributed by atoms with Crippen molar-refractivity contribution in [2.45, 2.75) is 20.0 Å². The van der Waals surface area contributed by atoms with Gasteiger partial charge in [0, 0.05) is 24.4 Å². The van der Waals surface area contributed by atoms with Crippen molar-refractivity contribution in [3.63, 3.8) is 0 Å². The fourth-order valence-corrected chi connectivity index (χ4v) is 2.61. The lowest BCUT2D eigenvalue weighted by Crippen LogP contribution is -2.09. The van der Waals surface area contributed by atoms with Gasteiger partial charge in [-0.3, -0.25) is 14.6 Å². The summed E-state index contributed by atoms with van der Waals surface area (Å²) in [6, 6.07) is 18.4. The molecule has 2 aromatic carbocycles. The molecule has 1 heterocycles. The summed E-state index contributed by atoms with van der Waals surface area (Å²) >= 11 is 0. The second-order valence-corrected chi connectivity index (χ2v) is 6.00. The van der Waals surface area contributed by atoms with E-state index in [0.717, 1.165) is 11.1 Å². The number of benzene rings is 2. The molecule has 0 atom stereocenters.